The first-order valence-electron chi connectivity index (χ1n) is 10.1. The number of pyridine rings is 1. The number of ether oxygens (including phenoxy) is 1. The van der Waals surface area contributed by atoms with Crippen LogP contribution >= 0.6 is 0 Å². The maximum absolute atomic E-state index is 13.1. The van der Waals surface area contributed by atoms with E-state index in [1.807, 2.05) is 31.2 Å². The monoisotopic (exact) mass is 394 g/mol. The molecule has 0 bridgehead atoms. The Labute approximate surface area is 170 Å². The average Bonchev–Trinajstić information content (AvgIpc) is 3.01. The van der Waals surface area contributed by atoms with E-state index in [-0.39, 0.29) is 18.2 Å². The lowest BCUT2D eigenvalue weighted by molar-refractivity contribution is -0.121. The van der Waals surface area contributed by atoms with Crippen molar-refractivity contribution in [2.45, 2.75) is 19.4 Å². The lowest BCUT2D eigenvalue weighted by Crippen LogP contribution is -2.42. The van der Waals surface area contributed by atoms with Crippen molar-refractivity contribution in [2.75, 3.05) is 44.3 Å². The first-order valence-corrected chi connectivity index (χ1v) is 10.1. The van der Waals surface area contributed by atoms with E-state index in [0.29, 0.717) is 17.8 Å². The van der Waals surface area contributed by atoms with E-state index in [0.717, 1.165) is 44.1 Å². The Morgan fingerprint density at radius 1 is 1.24 bits per heavy atom. The van der Waals surface area contributed by atoms with E-state index >= 15 is 0 Å². The van der Waals surface area contributed by atoms with Gasteiger partial charge in [-0.3, -0.25) is 24.4 Å². The number of anilines is 1. The summed E-state index contributed by atoms with van der Waals surface area (Å²) in [5, 5.41) is 3.00. The molecule has 0 saturated carbocycles. The van der Waals surface area contributed by atoms with Crippen LogP contribution in [0.4, 0.5) is 5.69 Å². The molecule has 2 aliphatic heterocycles. The molecule has 7 heteroatoms. The zero-order valence-electron chi connectivity index (χ0n) is 16.6. The van der Waals surface area contributed by atoms with Crippen LogP contribution in [0.5, 0.6) is 0 Å². The van der Waals surface area contributed by atoms with Gasteiger partial charge in [0.1, 0.15) is 0 Å². The maximum Gasteiger partial charge on any atom is 0.260 e. The molecule has 29 heavy (non-hydrogen) atoms. The molecule has 152 valence electrons. The number of fused-ring (bicyclic) bond motifs is 1. The summed E-state index contributed by atoms with van der Waals surface area (Å²) in [7, 11) is 0. The van der Waals surface area contributed by atoms with Gasteiger partial charge in [-0.25, -0.2) is 0 Å². The second kappa shape index (κ2) is 8.71. The number of carbonyl (C=O) groups excluding carboxylic acids is 2. The molecular weight excluding hydrogens is 368 g/mol. The third-order valence-corrected chi connectivity index (χ3v) is 5.43. The van der Waals surface area contributed by atoms with Gasteiger partial charge in [0.25, 0.3) is 5.91 Å². The molecule has 2 aliphatic rings. The topological polar surface area (TPSA) is 74.8 Å². The highest BCUT2D eigenvalue weighted by molar-refractivity contribution is 6.11. The minimum absolute atomic E-state index is 0.0767. The van der Waals surface area contributed by atoms with Gasteiger partial charge in [0.05, 0.1) is 36.9 Å². The van der Waals surface area contributed by atoms with E-state index in [2.05, 4.69) is 15.2 Å². The smallest absolute Gasteiger partial charge is 0.260 e. The fourth-order valence-corrected chi connectivity index (χ4v) is 3.95. The molecule has 7 nitrogen and oxygen atoms in total. The number of aromatic nitrogens is 1. The number of aryl methyl sites for hydroxylation is 1. The Balaban J connectivity index is 1.47. The molecule has 2 aromatic rings. The van der Waals surface area contributed by atoms with Gasteiger partial charge in [-0.15, -0.1) is 0 Å². The van der Waals surface area contributed by atoms with Crippen molar-refractivity contribution in [1.29, 1.82) is 0 Å². The Hall–Kier alpha value is -2.77. The van der Waals surface area contributed by atoms with Crippen molar-refractivity contribution in [3.63, 3.8) is 0 Å². The van der Waals surface area contributed by atoms with Crippen LogP contribution in [0.25, 0.3) is 0 Å². The van der Waals surface area contributed by atoms with Gasteiger partial charge >= 0.3 is 0 Å². The van der Waals surface area contributed by atoms with Crippen molar-refractivity contribution in [2.24, 2.45) is 0 Å². The van der Waals surface area contributed by atoms with Crippen LogP contribution in [-0.2, 0) is 9.53 Å². The quantitative estimate of drug-likeness (QED) is 0.810. The predicted octanol–water partition coefficient (Wildman–Crippen LogP) is 1.93. The second-order valence-corrected chi connectivity index (χ2v) is 7.47. The third-order valence-electron chi connectivity index (χ3n) is 5.43. The van der Waals surface area contributed by atoms with Gasteiger partial charge in [-0.05, 0) is 36.8 Å². The largest absolute Gasteiger partial charge is 0.379 e. The van der Waals surface area contributed by atoms with Crippen molar-refractivity contribution in [1.82, 2.24) is 15.2 Å². The summed E-state index contributed by atoms with van der Waals surface area (Å²) in [5.74, 6) is -0.183. The molecule has 0 unspecified atom stereocenters. The number of nitrogens with one attached hydrogen (secondary N) is 1. The Morgan fingerprint density at radius 2 is 2.07 bits per heavy atom. The normalized spacial score (nSPS) is 19.3. The summed E-state index contributed by atoms with van der Waals surface area (Å²) in [6.07, 6.45) is 1.86. The van der Waals surface area contributed by atoms with Crippen molar-refractivity contribution >= 4 is 17.5 Å². The van der Waals surface area contributed by atoms with E-state index < -0.39 is 6.04 Å². The molecule has 0 radical (unpaired) electrons. The number of nitrogens with zero attached hydrogens (tertiary/aromatic N) is 3. The van der Waals surface area contributed by atoms with Gasteiger partial charge in [0.2, 0.25) is 5.91 Å². The highest BCUT2D eigenvalue weighted by Crippen LogP contribution is 2.38. The van der Waals surface area contributed by atoms with Crippen LogP contribution in [0.15, 0.2) is 42.6 Å². The average molecular weight is 394 g/mol. The first kappa shape index (κ1) is 19.5. The zero-order chi connectivity index (χ0) is 20.2. The van der Waals surface area contributed by atoms with Gasteiger partial charge < -0.3 is 10.1 Å². The minimum Gasteiger partial charge on any atom is -0.379 e. The van der Waals surface area contributed by atoms with Crippen molar-refractivity contribution in [3.05, 3.63) is 59.4 Å². The predicted molar refractivity (Wildman–Crippen MR) is 110 cm³/mol. The summed E-state index contributed by atoms with van der Waals surface area (Å²) in [4.78, 5) is 34.1. The molecule has 2 amide bonds. The number of benzene rings is 1. The van der Waals surface area contributed by atoms with E-state index in [9.17, 15) is 9.59 Å². The van der Waals surface area contributed by atoms with Crippen LogP contribution in [0.1, 0.15) is 34.1 Å². The van der Waals surface area contributed by atoms with E-state index in [1.54, 1.807) is 23.2 Å². The first-order chi connectivity index (χ1) is 14.1. The molecule has 3 heterocycles. The van der Waals surface area contributed by atoms with Crippen LogP contribution in [-0.4, -0.2) is 61.1 Å². The zero-order valence-corrected chi connectivity index (χ0v) is 16.6. The lowest BCUT2D eigenvalue weighted by atomic mass is 10.1. The molecule has 4 rings (SSSR count). The van der Waals surface area contributed by atoms with Crippen molar-refractivity contribution in [3.8, 4) is 0 Å². The van der Waals surface area contributed by atoms with Crippen LogP contribution < -0.4 is 10.2 Å². The summed E-state index contributed by atoms with van der Waals surface area (Å²) < 4.78 is 5.35. The molecule has 1 saturated heterocycles. The molecule has 1 N–H and O–H groups in total. The Kier molecular flexibility index (Phi) is 5.87. The van der Waals surface area contributed by atoms with Gasteiger partial charge in [0, 0.05) is 38.1 Å². The van der Waals surface area contributed by atoms with Gasteiger partial charge in [0.15, 0.2) is 0 Å². The van der Waals surface area contributed by atoms with E-state index in [4.69, 9.17) is 4.74 Å². The minimum atomic E-state index is -0.399. The standard InChI is InChI=1S/C22H26N4O3/c1-16-4-2-5-17(14-16)26-19(21-18(22(26)28)6-3-7-24-21)15-20(27)23-8-9-25-10-12-29-13-11-25/h2-7,14,19H,8-13,15H2,1H3,(H,23,27)/t19-/m1/s1. The van der Waals surface area contributed by atoms with Crippen LogP contribution in [0.3, 0.4) is 0 Å². The molecule has 1 atom stereocenters. The Morgan fingerprint density at radius 3 is 2.86 bits per heavy atom. The number of carbonyl (C=O) groups is 2. The Bertz CT molecular complexity index is 895. The fourth-order valence-electron chi connectivity index (χ4n) is 3.95. The van der Waals surface area contributed by atoms with Crippen LogP contribution in [0, 0.1) is 6.92 Å². The van der Waals surface area contributed by atoms with Gasteiger partial charge in [-0.2, -0.15) is 0 Å². The third kappa shape index (κ3) is 4.31. The maximum atomic E-state index is 13.1. The fraction of sp³-hybridized carbons (Fsp3) is 0.409. The number of rotatable bonds is 6. The molecule has 0 aliphatic carbocycles. The summed E-state index contributed by atoms with van der Waals surface area (Å²) >= 11 is 0. The number of hydrogen-bond acceptors (Lipinski definition) is 5. The molecule has 1 fully saturated rings. The number of morpholine rings is 1. The lowest BCUT2D eigenvalue weighted by Gasteiger charge is -2.27. The van der Waals surface area contributed by atoms with E-state index in [1.165, 1.54) is 0 Å². The molecule has 0 spiro atoms. The van der Waals surface area contributed by atoms with Crippen molar-refractivity contribution < 1.29 is 14.3 Å². The number of amides is 2. The molecule has 1 aromatic heterocycles. The SMILES string of the molecule is Cc1cccc(N2C(=O)c3cccnc3[C@H]2CC(=O)NCCN2CCOCC2)c1. The van der Waals surface area contributed by atoms with Gasteiger partial charge in [-0.1, -0.05) is 12.1 Å². The summed E-state index contributed by atoms with van der Waals surface area (Å²) in [5.41, 5.74) is 3.09. The summed E-state index contributed by atoms with van der Waals surface area (Å²) in [6.45, 7) is 6.64. The van der Waals surface area contributed by atoms with Crippen LogP contribution in [0.2, 0.25) is 0 Å². The molecule has 1 aromatic carbocycles. The highest BCUT2D eigenvalue weighted by Gasteiger charge is 2.39. The molecular formula is C22H26N4O3. The number of hydrogen-bond donors (Lipinski definition) is 1. The highest BCUT2D eigenvalue weighted by atomic mass is 16.5. The second-order valence-electron chi connectivity index (χ2n) is 7.47. The summed E-state index contributed by atoms with van der Waals surface area (Å²) in [6, 6.07) is 10.9.